The maximum absolute atomic E-state index is 6.07. The molecule has 0 amide bonds. The quantitative estimate of drug-likeness (QED) is 0.470. The maximum Gasteiger partial charge on any atom is 0.171 e. The first-order valence-corrected chi connectivity index (χ1v) is 10.5. The van der Waals surface area contributed by atoms with Gasteiger partial charge in [0.2, 0.25) is 0 Å². The number of rotatable bonds is 10. The van der Waals surface area contributed by atoms with E-state index < -0.39 is 0 Å². The molecule has 0 radical (unpaired) electrons. The Kier molecular flexibility index (Phi) is 7.72. The summed E-state index contributed by atoms with van der Waals surface area (Å²) >= 11 is 0. The summed E-state index contributed by atoms with van der Waals surface area (Å²) in [5.41, 5.74) is 1.34. The maximum atomic E-state index is 6.07. The summed E-state index contributed by atoms with van der Waals surface area (Å²) in [6.45, 7) is 7.81. The summed E-state index contributed by atoms with van der Waals surface area (Å²) in [6, 6.07) is 10.6. The fraction of sp³-hybridized carbons (Fsp3) is 0.652. The smallest absolute Gasteiger partial charge is 0.171 e. The molecule has 1 spiro atoms. The Bertz CT molecular complexity index is 524. The molecule has 3 rings (SSSR count). The molecular formula is C23H35NO2. The fourth-order valence-electron chi connectivity index (χ4n) is 4.47. The van der Waals surface area contributed by atoms with Gasteiger partial charge >= 0.3 is 0 Å². The van der Waals surface area contributed by atoms with Crippen molar-refractivity contribution in [2.75, 3.05) is 26.3 Å². The van der Waals surface area contributed by atoms with Crippen molar-refractivity contribution in [1.29, 1.82) is 0 Å². The fourth-order valence-corrected chi connectivity index (χ4v) is 4.47. The SMILES string of the molecule is C=C[C@@H](CNCCCCCC1CCCC12OCCCO2)c1ccccc1. The van der Waals surface area contributed by atoms with E-state index in [0.717, 1.165) is 39.1 Å². The Hall–Kier alpha value is -1.16. The van der Waals surface area contributed by atoms with E-state index in [-0.39, 0.29) is 5.79 Å². The van der Waals surface area contributed by atoms with Gasteiger partial charge in [-0.2, -0.15) is 0 Å². The molecule has 2 fully saturated rings. The first kappa shape index (κ1) is 19.6. The van der Waals surface area contributed by atoms with Crippen LogP contribution >= 0.6 is 0 Å². The number of ether oxygens (including phenoxy) is 2. The highest BCUT2D eigenvalue weighted by molar-refractivity contribution is 5.23. The van der Waals surface area contributed by atoms with E-state index in [9.17, 15) is 0 Å². The number of hydrogen-bond acceptors (Lipinski definition) is 3. The summed E-state index contributed by atoms with van der Waals surface area (Å²) in [5.74, 6) is 0.790. The lowest BCUT2D eigenvalue weighted by Gasteiger charge is -2.38. The average molecular weight is 358 g/mol. The highest BCUT2D eigenvalue weighted by Gasteiger charge is 2.45. The highest BCUT2D eigenvalue weighted by atomic mass is 16.7. The van der Waals surface area contributed by atoms with Gasteiger partial charge in [-0.3, -0.25) is 0 Å². The second-order valence-corrected chi connectivity index (χ2v) is 7.76. The lowest BCUT2D eigenvalue weighted by Crippen LogP contribution is -2.43. The summed E-state index contributed by atoms with van der Waals surface area (Å²) in [6.07, 6.45) is 11.8. The van der Waals surface area contributed by atoms with E-state index in [1.165, 1.54) is 44.1 Å². The zero-order chi connectivity index (χ0) is 18.1. The molecular weight excluding hydrogens is 322 g/mol. The number of hydrogen-bond donors (Lipinski definition) is 1. The Morgan fingerprint density at radius 2 is 1.92 bits per heavy atom. The minimum absolute atomic E-state index is 0.219. The second kappa shape index (κ2) is 10.2. The van der Waals surface area contributed by atoms with Gasteiger partial charge in [0.25, 0.3) is 0 Å². The Morgan fingerprint density at radius 1 is 1.12 bits per heavy atom. The molecule has 1 aliphatic carbocycles. The molecule has 0 bridgehead atoms. The average Bonchev–Trinajstić information content (AvgIpc) is 3.07. The Balaban J connectivity index is 1.28. The van der Waals surface area contributed by atoms with Crippen LogP contribution in [0.2, 0.25) is 0 Å². The molecule has 1 unspecified atom stereocenters. The van der Waals surface area contributed by atoms with Gasteiger partial charge in [-0.25, -0.2) is 0 Å². The van der Waals surface area contributed by atoms with Gasteiger partial charge in [0, 0.05) is 24.8 Å². The van der Waals surface area contributed by atoms with E-state index in [0.29, 0.717) is 11.8 Å². The van der Waals surface area contributed by atoms with Crippen LogP contribution in [0.15, 0.2) is 43.0 Å². The number of nitrogens with one attached hydrogen (secondary N) is 1. The molecule has 1 aliphatic heterocycles. The minimum Gasteiger partial charge on any atom is -0.350 e. The topological polar surface area (TPSA) is 30.5 Å². The van der Waals surface area contributed by atoms with E-state index in [4.69, 9.17) is 9.47 Å². The van der Waals surface area contributed by atoms with Gasteiger partial charge in [-0.05, 0) is 44.2 Å². The third kappa shape index (κ3) is 5.18. The molecule has 3 nitrogen and oxygen atoms in total. The van der Waals surface area contributed by atoms with Crippen LogP contribution in [-0.4, -0.2) is 32.1 Å². The van der Waals surface area contributed by atoms with Crippen molar-refractivity contribution in [3.05, 3.63) is 48.6 Å². The summed E-state index contributed by atoms with van der Waals surface area (Å²) in [7, 11) is 0. The number of unbranched alkanes of at least 4 members (excludes halogenated alkanes) is 2. The van der Waals surface area contributed by atoms with Gasteiger partial charge in [0.05, 0.1) is 13.2 Å². The lowest BCUT2D eigenvalue weighted by atomic mass is 9.94. The van der Waals surface area contributed by atoms with Crippen LogP contribution in [0.4, 0.5) is 0 Å². The van der Waals surface area contributed by atoms with Crippen LogP contribution in [0.3, 0.4) is 0 Å². The van der Waals surface area contributed by atoms with Crippen LogP contribution in [0.5, 0.6) is 0 Å². The van der Waals surface area contributed by atoms with Crippen molar-refractivity contribution >= 4 is 0 Å². The normalized spacial score (nSPS) is 23.2. The molecule has 1 aromatic carbocycles. The first-order chi connectivity index (χ1) is 12.8. The van der Waals surface area contributed by atoms with Crippen molar-refractivity contribution < 1.29 is 9.47 Å². The standard InChI is InChI=1S/C23H35NO2/c1-2-20(21-11-5-3-6-12-21)19-24-16-8-4-7-13-22-14-9-15-23(22)25-17-10-18-26-23/h2-3,5-6,11-12,20,22,24H,1,4,7-10,13-19H2/t20-,22?/m0/s1. The van der Waals surface area contributed by atoms with Gasteiger partial charge in [-0.15, -0.1) is 6.58 Å². The van der Waals surface area contributed by atoms with Crippen LogP contribution in [0.25, 0.3) is 0 Å². The lowest BCUT2D eigenvalue weighted by molar-refractivity contribution is -0.285. The molecule has 0 aromatic heterocycles. The zero-order valence-corrected chi connectivity index (χ0v) is 16.1. The van der Waals surface area contributed by atoms with Crippen molar-refractivity contribution in [3.63, 3.8) is 0 Å². The molecule has 1 heterocycles. The Morgan fingerprint density at radius 3 is 2.69 bits per heavy atom. The van der Waals surface area contributed by atoms with E-state index in [2.05, 4.69) is 42.2 Å². The van der Waals surface area contributed by atoms with E-state index >= 15 is 0 Å². The molecule has 3 heteroatoms. The zero-order valence-electron chi connectivity index (χ0n) is 16.1. The van der Waals surface area contributed by atoms with Gasteiger partial charge < -0.3 is 14.8 Å². The van der Waals surface area contributed by atoms with Gasteiger partial charge in [0.15, 0.2) is 5.79 Å². The van der Waals surface area contributed by atoms with Crippen LogP contribution in [0.1, 0.15) is 62.8 Å². The van der Waals surface area contributed by atoms with Crippen molar-refractivity contribution in [3.8, 4) is 0 Å². The monoisotopic (exact) mass is 357 g/mol. The molecule has 2 atom stereocenters. The first-order valence-electron chi connectivity index (χ1n) is 10.5. The third-order valence-corrected chi connectivity index (χ3v) is 5.96. The van der Waals surface area contributed by atoms with Crippen molar-refractivity contribution in [2.45, 2.75) is 63.1 Å². The molecule has 1 saturated heterocycles. The van der Waals surface area contributed by atoms with Gasteiger partial charge in [0.1, 0.15) is 0 Å². The molecule has 1 aromatic rings. The second-order valence-electron chi connectivity index (χ2n) is 7.76. The minimum atomic E-state index is -0.219. The summed E-state index contributed by atoms with van der Waals surface area (Å²) in [5, 5.41) is 3.60. The predicted octanol–water partition coefficient (Wildman–Crippen LogP) is 5.04. The summed E-state index contributed by atoms with van der Waals surface area (Å²) < 4.78 is 12.1. The van der Waals surface area contributed by atoms with Gasteiger partial charge in [-0.1, -0.05) is 49.2 Å². The van der Waals surface area contributed by atoms with E-state index in [1.807, 2.05) is 6.08 Å². The van der Waals surface area contributed by atoms with Crippen LogP contribution in [-0.2, 0) is 9.47 Å². The number of benzene rings is 1. The molecule has 1 saturated carbocycles. The van der Waals surface area contributed by atoms with Crippen LogP contribution < -0.4 is 5.32 Å². The summed E-state index contributed by atoms with van der Waals surface area (Å²) in [4.78, 5) is 0. The van der Waals surface area contributed by atoms with E-state index in [1.54, 1.807) is 0 Å². The predicted molar refractivity (Wildman–Crippen MR) is 107 cm³/mol. The molecule has 144 valence electrons. The highest BCUT2D eigenvalue weighted by Crippen LogP contribution is 2.44. The molecule has 2 aliphatic rings. The third-order valence-electron chi connectivity index (χ3n) is 5.96. The van der Waals surface area contributed by atoms with Crippen LogP contribution in [0, 0.1) is 5.92 Å². The Labute approximate surface area is 159 Å². The van der Waals surface area contributed by atoms with Crippen molar-refractivity contribution in [2.24, 2.45) is 5.92 Å². The van der Waals surface area contributed by atoms with Crippen molar-refractivity contribution in [1.82, 2.24) is 5.32 Å². The largest absolute Gasteiger partial charge is 0.350 e. The molecule has 26 heavy (non-hydrogen) atoms. The molecule has 1 N–H and O–H groups in total.